The summed E-state index contributed by atoms with van der Waals surface area (Å²) < 4.78 is 0. The van der Waals surface area contributed by atoms with Crippen molar-refractivity contribution in [3.05, 3.63) is 53.7 Å². The van der Waals surface area contributed by atoms with E-state index in [4.69, 9.17) is 0 Å². The molecule has 1 aliphatic heterocycles. The Morgan fingerprint density at radius 1 is 1.25 bits per heavy atom. The lowest BCUT2D eigenvalue weighted by Gasteiger charge is -2.22. The molecule has 1 aromatic heterocycles. The van der Waals surface area contributed by atoms with Gasteiger partial charge in [0, 0.05) is 12.1 Å². The van der Waals surface area contributed by atoms with Crippen molar-refractivity contribution in [3.8, 4) is 11.3 Å². The average Bonchev–Trinajstić information content (AvgIpc) is 2.63. The van der Waals surface area contributed by atoms with Gasteiger partial charge in [-0.25, -0.2) is 0 Å². The first-order valence-corrected chi connectivity index (χ1v) is 8.76. The van der Waals surface area contributed by atoms with Crippen molar-refractivity contribution in [2.45, 2.75) is 26.2 Å². The molecular formula is C20H25N3O. The topological polar surface area (TPSA) is 54.0 Å². The zero-order valence-corrected chi connectivity index (χ0v) is 14.2. The number of carbonyl (C=O) groups is 1. The lowest BCUT2D eigenvalue weighted by atomic mass is 9.96. The maximum atomic E-state index is 12.4. The number of rotatable bonds is 5. The molecule has 0 saturated carbocycles. The van der Waals surface area contributed by atoms with Crippen LogP contribution in [0.15, 0.2) is 42.5 Å². The smallest absolute Gasteiger partial charge is 0.253 e. The van der Waals surface area contributed by atoms with Crippen LogP contribution in [0, 0.1) is 12.8 Å². The highest BCUT2D eigenvalue weighted by molar-refractivity contribution is 5.95. The third-order valence-electron chi connectivity index (χ3n) is 4.64. The van der Waals surface area contributed by atoms with Gasteiger partial charge in [-0.1, -0.05) is 30.3 Å². The van der Waals surface area contributed by atoms with Crippen LogP contribution in [0.2, 0.25) is 0 Å². The largest absolute Gasteiger partial charge is 0.352 e. The number of amides is 1. The van der Waals surface area contributed by atoms with Crippen LogP contribution in [-0.2, 0) is 0 Å². The molecule has 0 bridgehead atoms. The van der Waals surface area contributed by atoms with Gasteiger partial charge in [0.15, 0.2) is 0 Å². The standard InChI is InChI=1S/C20H25N3O/c1-15-18(9-10-19(23-15)17-7-3-2-4-8-17)20(24)22-13-11-16-6-5-12-21-14-16/h2-4,7-10,16,21H,5-6,11-14H2,1H3,(H,22,24). The van der Waals surface area contributed by atoms with E-state index in [1.165, 1.54) is 12.8 Å². The Labute approximate surface area is 143 Å². The van der Waals surface area contributed by atoms with E-state index in [9.17, 15) is 4.79 Å². The highest BCUT2D eigenvalue weighted by atomic mass is 16.1. The lowest BCUT2D eigenvalue weighted by Crippen LogP contribution is -2.33. The summed E-state index contributed by atoms with van der Waals surface area (Å²) in [6.07, 6.45) is 3.53. The number of nitrogens with one attached hydrogen (secondary N) is 2. The lowest BCUT2D eigenvalue weighted by molar-refractivity contribution is 0.0949. The number of aromatic nitrogens is 1. The number of pyridine rings is 1. The number of piperidine rings is 1. The van der Waals surface area contributed by atoms with E-state index < -0.39 is 0 Å². The number of carbonyl (C=O) groups excluding carboxylic acids is 1. The minimum Gasteiger partial charge on any atom is -0.352 e. The number of hydrogen-bond donors (Lipinski definition) is 2. The number of hydrogen-bond acceptors (Lipinski definition) is 3. The van der Waals surface area contributed by atoms with Crippen molar-refractivity contribution in [1.29, 1.82) is 0 Å². The monoisotopic (exact) mass is 323 g/mol. The second-order valence-corrected chi connectivity index (χ2v) is 6.45. The van der Waals surface area contributed by atoms with Gasteiger partial charge in [0.05, 0.1) is 17.0 Å². The fourth-order valence-electron chi connectivity index (χ4n) is 3.23. The third-order valence-corrected chi connectivity index (χ3v) is 4.64. The van der Waals surface area contributed by atoms with E-state index in [2.05, 4.69) is 15.6 Å². The molecule has 24 heavy (non-hydrogen) atoms. The Hall–Kier alpha value is -2.20. The molecule has 4 nitrogen and oxygen atoms in total. The van der Waals surface area contributed by atoms with Crippen LogP contribution < -0.4 is 10.6 Å². The van der Waals surface area contributed by atoms with Crippen LogP contribution in [0.5, 0.6) is 0 Å². The summed E-state index contributed by atoms with van der Waals surface area (Å²) in [7, 11) is 0. The molecule has 4 heteroatoms. The maximum absolute atomic E-state index is 12.4. The van der Waals surface area contributed by atoms with Gasteiger partial charge in [0.1, 0.15) is 0 Å². The first-order chi connectivity index (χ1) is 11.7. The quantitative estimate of drug-likeness (QED) is 0.888. The van der Waals surface area contributed by atoms with E-state index in [0.29, 0.717) is 11.5 Å². The van der Waals surface area contributed by atoms with Crippen LogP contribution in [0.25, 0.3) is 11.3 Å². The van der Waals surface area contributed by atoms with Crippen molar-refractivity contribution >= 4 is 5.91 Å². The van der Waals surface area contributed by atoms with Gasteiger partial charge >= 0.3 is 0 Å². The summed E-state index contributed by atoms with van der Waals surface area (Å²) in [5.74, 6) is 0.655. The molecular weight excluding hydrogens is 298 g/mol. The molecule has 1 atom stereocenters. The van der Waals surface area contributed by atoms with Crippen molar-refractivity contribution in [2.75, 3.05) is 19.6 Å². The van der Waals surface area contributed by atoms with E-state index in [1.54, 1.807) is 0 Å². The molecule has 1 amide bonds. The van der Waals surface area contributed by atoms with E-state index in [-0.39, 0.29) is 5.91 Å². The number of nitrogens with zero attached hydrogens (tertiary/aromatic N) is 1. The molecule has 1 aromatic carbocycles. The third kappa shape index (κ3) is 4.20. The first-order valence-electron chi connectivity index (χ1n) is 8.76. The van der Waals surface area contributed by atoms with Crippen LogP contribution in [-0.4, -0.2) is 30.5 Å². The van der Waals surface area contributed by atoms with Crippen molar-refractivity contribution in [3.63, 3.8) is 0 Å². The first kappa shape index (κ1) is 16.7. The zero-order valence-electron chi connectivity index (χ0n) is 14.2. The van der Waals surface area contributed by atoms with Gasteiger partial charge in [-0.05, 0) is 57.3 Å². The average molecular weight is 323 g/mol. The summed E-state index contributed by atoms with van der Waals surface area (Å²) in [6.45, 7) is 4.82. The molecule has 1 fully saturated rings. The SMILES string of the molecule is Cc1nc(-c2ccccc2)ccc1C(=O)NCCC1CCCNC1. The minimum atomic E-state index is -0.0246. The van der Waals surface area contributed by atoms with Crippen molar-refractivity contribution in [1.82, 2.24) is 15.6 Å². The van der Waals surface area contributed by atoms with Crippen LogP contribution in [0.3, 0.4) is 0 Å². The molecule has 0 radical (unpaired) electrons. The highest BCUT2D eigenvalue weighted by Crippen LogP contribution is 2.18. The van der Waals surface area contributed by atoms with Gasteiger partial charge in [0.25, 0.3) is 5.91 Å². The predicted octanol–water partition coefficient (Wildman–Crippen LogP) is 3.18. The Bertz CT molecular complexity index is 679. The molecule has 1 aliphatic rings. The summed E-state index contributed by atoms with van der Waals surface area (Å²) in [6, 6.07) is 13.8. The molecule has 0 spiro atoms. The predicted molar refractivity (Wildman–Crippen MR) is 97.0 cm³/mol. The zero-order chi connectivity index (χ0) is 16.8. The van der Waals surface area contributed by atoms with Gasteiger partial charge in [-0.15, -0.1) is 0 Å². The summed E-state index contributed by atoms with van der Waals surface area (Å²) >= 11 is 0. The van der Waals surface area contributed by atoms with Gasteiger partial charge < -0.3 is 10.6 Å². The van der Waals surface area contributed by atoms with Crippen LogP contribution in [0.1, 0.15) is 35.3 Å². The molecule has 1 unspecified atom stereocenters. The molecule has 0 aliphatic carbocycles. The second kappa shape index (κ2) is 8.06. The normalized spacial score (nSPS) is 17.5. The highest BCUT2D eigenvalue weighted by Gasteiger charge is 2.14. The number of benzene rings is 1. The van der Waals surface area contributed by atoms with Gasteiger partial charge in [-0.3, -0.25) is 9.78 Å². The fourth-order valence-corrected chi connectivity index (χ4v) is 3.23. The summed E-state index contributed by atoms with van der Waals surface area (Å²) in [5, 5.41) is 6.45. The Morgan fingerprint density at radius 2 is 2.08 bits per heavy atom. The van der Waals surface area contributed by atoms with E-state index in [1.807, 2.05) is 49.4 Å². The van der Waals surface area contributed by atoms with Crippen molar-refractivity contribution < 1.29 is 4.79 Å². The van der Waals surface area contributed by atoms with E-state index in [0.717, 1.165) is 43.0 Å². The molecule has 2 N–H and O–H groups in total. The molecule has 126 valence electrons. The minimum absolute atomic E-state index is 0.0246. The number of aryl methyl sites for hydroxylation is 1. The molecule has 2 aromatic rings. The Balaban J connectivity index is 1.58. The van der Waals surface area contributed by atoms with Crippen molar-refractivity contribution in [2.24, 2.45) is 5.92 Å². The maximum Gasteiger partial charge on any atom is 0.253 e. The molecule has 1 saturated heterocycles. The fraction of sp³-hybridized carbons (Fsp3) is 0.400. The Kier molecular flexibility index (Phi) is 5.59. The van der Waals surface area contributed by atoms with Crippen LogP contribution in [0.4, 0.5) is 0 Å². The van der Waals surface area contributed by atoms with Gasteiger partial charge in [0.2, 0.25) is 0 Å². The summed E-state index contributed by atoms with van der Waals surface area (Å²) in [4.78, 5) is 17.0. The molecule has 3 rings (SSSR count). The molecule has 2 heterocycles. The summed E-state index contributed by atoms with van der Waals surface area (Å²) in [5.41, 5.74) is 3.40. The van der Waals surface area contributed by atoms with Gasteiger partial charge in [-0.2, -0.15) is 0 Å². The van der Waals surface area contributed by atoms with Crippen LogP contribution >= 0.6 is 0 Å². The Morgan fingerprint density at radius 3 is 2.79 bits per heavy atom. The van der Waals surface area contributed by atoms with E-state index >= 15 is 0 Å². The second-order valence-electron chi connectivity index (χ2n) is 6.45.